The molecule has 0 saturated heterocycles. The van der Waals surface area contributed by atoms with E-state index in [1.165, 1.54) is 38.1 Å². The van der Waals surface area contributed by atoms with Crippen molar-refractivity contribution in [2.45, 2.75) is 13.1 Å². The van der Waals surface area contributed by atoms with Crippen molar-refractivity contribution >= 4 is 11.7 Å². The van der Waals surface area contributed by atoms with Crippen molar-refractivity contribution < 1.29 is 18.0 Å². The molecule has 1 rings (SSSR count). The highest BCUT2D eigenvalue weighted by Gasteiger charge is 2.32. The molecule has 2 amide bonds. The number of hydrogen-bond acceptors (Lipinski definition) is 1. The third-order valence-electron chi connectivity index (χ3n) is 2.20. The Bertz CT molecular complexity index is 427. The van der Waals surface area contributed by atoms with Crippen LogP contribution in [0, 0.1) is 6.92 Å². The van der Waals surface area contributed by atoms with E-state index in [-0.39, 0.29) is 11.3 Å². The lowest BCUT2D eigenvalue weighted by atomic mass is 10.1. The average molecular weight is 246 g/mol. The van der Waals surface area contributed by atoms with Gasteiger partial charge < -0.3 is 10.2 Å². The number of carbonyl (C=O) groups is 1. The Morgan fingerprint density at radius 2 is 1.88 bits per heavy atom. The monoisotopic (exact) mass is 246 g/mol. The lowest BCUT2D eigenvalue weighted by Gasteiger charge is -2.15. The Labute approximate surface area is 97.2 Å². The zero-order valence-corrected chi connectivity index (χ0v) is 9.72. The number of hydrogen-bond donors (Lipinski definition) is 1. The third kappa shape index (κ3) is 3.37. The topological polar surface area (TPSA) is 32.3 Å². The van der Waals surface area contributed by atoms with Gasteiger partial charge in [-0.05, 0) is 24.6 Å². The molecule has 17 heavy (non-hydrogen) atoms. The van der Waals surface area contributed by atoms with E-state index in [0.29, 0.717) is 0 Å². The molecular formula is C11H13F3N2O. The van der Waals surface area contributed by atoms with Crippen LogP contribution in [0.4, 0.5) is 23.7 Å². The van der Waals surface area contributed by atoms with Crippen LogP contribution in [0.5, 0.6) is 0 Å². The number of anilines is 1. The van der Waals surface area contributed by atoms with E-state index in [4.69, 9.17) is 0 Å². The first kappa shape index (κ1) is 13.3. The summed E-state index contributed by atoms with van der Waals surface area (Å²) in [5, 5.41) is 2.37. The van der Waals surface area contributed by atoms with Gasteiger partial charge in [0, 0.05) is 19.8 Å². The third-order valence-corrected chi connectivity index (χ3v) is 2.20. The summed E-state index contributed by atoms with van der Waals surface area (Å²) in [6, 6.07) is 3.22. The second-order valence-corrected chi connectivity index (χ2v) is 3.85. The highest BCUT2D eigenvalue weighted by atomic mass is 19.4. The molecule has 0 unspecified atom stereocenters. The molecule has 1 N–H and O–H groups in total. The number of aryl methyl sites for hydroxylation is 1. The van der Waals surface area contributed by atoms with Gasteiger partial charge in [-0.15, -0.1) is 0 Å². The van der Waals surface area contributed by atoms with Gasteiger partial charge in [-0.3, -0.25) is 0 Å². The number of nitrogens with one attached hydrogen (secondary N) is 1. The van der Waals surface area contributed by atoms with Crippen molar-refractivity contribution in [3.8, 4) is 0 Å². The number of urea groups is 1. The maximum atomic E-state index is 12.6. The Morgan fingerprint density at radius 1 is 1.29 bits per heavy atom. The first-order chi connectivity index (χ1) is 7.71. The Hall–Kier alpha value is -1.72. The minimum absolute atomic E-state index is 0.125. The minimum Gasteiger partial charge on any atom is -0.331 e. The second-order valence-electron chi connectivity index (χ2n) is 3.85. The largest absolute Gasteiger partial charge is 0.416 e. The van der Waals surface area contributed by atoms with Gasteiger partial charge in [-0.2, -0.15) is 13.2 Å². The van der Waals surface area contributed by atoms with Gasteiger partial charge in [-0.25, -0.2) is 4.79 Å². The number of carbonyl (C=O) groups excluding carboxylic acids is 1. The van der Waals surface area contributed by atoms with E-state index in [1.54, 1.807) is 0 Å². The Kier molecular flexibility index (Phi) is 3.65. The molecule has 0 spiro atoms. The summed E-state index contributed by atoms with van der Waals surface area (Å²) in [4.78, 5) is 12.5. The van der Waals surface area contributed by atoms with E-state index >= 15 is 0 Å². The molecule has 6 heteroatoms. The Morgan fingerprint density at radius 3 is 2.35 bits per heavy atom. The van der Waals surface area contributed by atoms with E-state index in [2.05, 4.69) is 5.32 Å². The SMILES string of the molecule is Cc1ccc(NC(=O)N(C)C)cc1C(F)(F)F. The van der Waals surface area contributed by atoms with Gasteiger partial charge >= 0.3 is 12.2 Å². The smallest absolute Gasteiger partial charge is 0.331 e. The molecule has 94 valence electrons. The zero-order valence-electron chi connectivity index (χ0n) is 9.72. The molecule has 0 saturated carbocycles. The number of rotatable bonds is 1. The fraction of sp³-hybridized carbons (Fsp3) is 0.364. The fourth-order valence-electron chi connectivity index (χ4n) is 1.24. The molecule has 0 bridgehead atoms. The number of nitrogens with zero attached hydrogens (tertiary/aromatic N) is 1. The van der Waals surface area contributed by atoms with Gasteiger partial charge in [0.15, 0.2) is 0 Å². The van der Waals surface area contributed by atoms with Gasteiger partial charge in [0.2, 0.25) is 0 Å². The van der Waals surface area contributed by atoms with Gasteiger partial charge in [0.05, 0.1) is 5.56 Å². The molecular weight excluding hydrogens is 233 g/mol. The zero-order chi connectivity index (χ0) is 13.2. The maximum Gasteiger partial charge on any atom is 0.416 e. The molecule has 0 atom stereocenters. The van der Waals surface area contributed by atoms with Crippen LogP contribution >= 0.6 is 0 Å². The van der Waals surface area contributed by atoms with Crippen LogP contribution in [0.15, 0.2) is 18.2 Å². The molecule has 0 radical (unpaired) electrons. The van der Waals surface area contributed by atoms with Crippen molar-refractivity contribution in [2.75, 3.05) is 19.4 Å². The number of benzene rings is 1. The van der Waals surface area contributed by atoms with Crippen molar-refractivity contribution in [3.05, 3.63) is 29.3 Å². The van der Waals surface area contributed by atoms with Crippen LogP contribution < -0.4 is 5.32 Å². The highest BCUT2D eigenvalue weighted by molar-refractivity contribution is 5.89. The van der Waals surface area contributed by atoms with Crippen molar-refractivity contribution in [3.63, 3.8) is 0 Å². The summed E-state index contributed by atoms with van der Waals surface area (Å²) in [5.74, 6) is 0. The van der Waals surface area contributed by atoms with E-state index in [9.17, 15) is 18.0 Å². The Balaban J connectivity index is 3.01. The minimum atomic E-state index is -4.41. The molecule has 0 aromatic heterocycles. The lowest BCUT2D eigenvalue weighted by Crippen LogP contribution is -2.27. The summed E-state index contributed by atoms with van der Waals surface area (Å²) in [7, 11) is 3.02. The number of alkyl halides is 3. The standard InChI is InChI=1S/C11H13F3N2O/c1-7-4-5-8(15-10(17)16(2)3)6-9(7)11(12,13)14/h4-6H,1-3H3,(H,15,17). The first-order valence-corrected chi connectivity index (χ1v) is 4.88. The van der Waals surface area contributed by atoms with E-state index in [1.807, 2.05) is 0 Å². The van der Waals surface area contributed by atoms with Crippen LogP contribution in [0.25, 0.3) is 0 Å². The normalized spacial score (nSPS) is 11.2. The van der Waals surface area contributed by atoms with E-state index < -0.39 is 17.8 Å². The molecule has 0 fully saturated rings. The predicted octanol–water partition coefficient (Wildman–Crippen LogP) is 3.11. The maximum absolute atomic E-state index is 12.6. The van der Waals surface area contributed by atoms with Crippen molar-refractivity contribution in [1.82, 2.24) is 4.90 Å². The summed E-state index contributed by atoms with van der Waals surface area (Å²) in [6.45, 7) is 1.38. The van der Waals surface area contributed by atoms with Crippen LogP contribution in [0.3, 0.4) is 0 Å². The number of halogens is 3. The molecule has 3 nitrogen and oxygen atoms in total. The van der Waals surface area contributed by atoms with E-state index in [0.717, 1.165) is 6.07 Å². The molecule has 1 aromatic carbocycles. The van der Waals surface area contributed by atoms with Gasteiger partial charge in [0.1, 0.15) is 0 Å². The van der Waals surface area contributed by atoms with Crippen LogP contribution in [-0.2, 0) is 6.18 Å². The summed E-state index contributed by atoms with van der Waals surface area (Å²) < 4.78 is 37.8. The van der Waals surface area contributed by atoms with Gasteiger partial charge in [0.25, 0.3) is 0 Å². The molecule has 0 aliphatic carbocycles. The highest BCUT2D eigenvalue weighted by Crippen LogP contribution is 2.33. The quantitative estimate of drug-likeness (QED) is 0.811. The lowest BCUT2D eigenvalue weighted by molar-refractivity contribution is -0.138. The fourth-order valence-corrected chi connectivity index (χ4v) is 1.24. The molecule has 0 aliphatic heterocycles. The van der Waals surface area contributed by atoms with Gasteiger partial charge in [-0.1, -0.05) is 6.07 Å². The summed E-state index contributed by atoms with van der Waals surface area (Å²) >= 11 is 0. The summed E-state index contributed by atoms with van der Waals surface area (Å²) in [6.07, 6.45) is -4.41. The van der Waals surface area contributed by atoms with Crippen LogP contribution in [-0.4, -0.2) is 25.0 Å². The second kappa shape index (κ2) is 4.65. The summed E-state index contributed by atoms with van der Waals surface area (Å²) in [5.41, 5.74) is -0.490. The molecule has 1 aromatic rings. The van der Waals surface area contributed by atoms with Crippen molar-refractivity contribution in [2.24, 2.45) is 0 Å². The first-order valence-electron chi connectivity index (χ1n) is 4.88. The van der Waals surface area contributed by atoms with Crippen LogP contribution in [0.1, 0.15) is 11.1 Å². The molecule has 0 aliphatic rings. The van der Waals surface area contributed by atoms with Crippen LogP contribution in [0.2, 0.25) is 0 Å². The molecule has 0 heterocycles. The predicted molar refractivity (Wildman–Crippen MR) is 58.9 cm³/mol. The number of amides is 2. The average Bonchev–Trinajstić information content (AvgIpc) is 2.19. The van der Waals surface area contributed by atoms with Crippen molar-refractivity contribution in [1.29, 1.82) is 0 Å².